The van der Waals surface area contributed by atoms with Crippen LogP contribution in [0, 0.1) is 0 Å². The van der Waals surface area contributed by atoms with Gasteiger partial charge in [-0.15, -0.1) is 0 Å². The summed E-state index contributed by atoms with van der Waals surface area (Å²) in [6, 6.07) is 6.42. The Morgan fingerprint density at radius 1 is 1.22 bits per heavy atom. The molecule has 2 rings (SSSR count). The molecule has 100 valence electrons. The van der Waals surface area contributed by atoms with Crippen LogP contribution in [0.3, 0.4) is 0 Å². The van der Waals surface area contributed by atoms with Crippen molar-refractivity contribution < 1.29 is 9.47 Å². The minimum Gasteiger partial charge on any atom is -0.490 e. The number of ether oxygens (including phenoxy) is 2. The van der Waals surface area contributed by atoms with E-state index < -0.39 is 0 Å². The van der Waals surface area contributed by atoms with Crippen molar-refractivity contribution >= 4 is 0 Å². The number of fused-ring (bicyclic) bond motifs is 1. The summed E-state index contributed by atoms with van der Waals surface area (Å²) in [6.45, 7) is 7.94. The van der Waals surface area contributed by atoms with E-state index in [1.807, 2.05) is 13.0 Å². The minimum atomic E-state index is 0.0544. The van der Waals surface area contributed by atoms with Crippen LogP contribution in [-0.4, -0.2) is 19.3 Å². The molecule has 0 bridgehead atoms. The van der Waals surface area contributed by atoms with Gasteiger partial charge >= 0.3 is 0 Å². The molecule has 0 radical (unpaired) electrons. The van der Waals surface area contributed by atoms with E-state index in [0.29, 0.717) is 0 Å². The third kappa shape index (κ3) is 2.96. The first kappa shape index (κ1) is 13.2. The van der Waals surface area contributed by atoms with Gasteiger partial charge in [0.2, 0.25) is 0 Å². The number of hydrogen-bond donors (Lipinski definition) is 1. The lowest BCUT2D eigenvalue weighted by atomic mass is 9.79. The van der Waals surface area contributed by atoms with Crippen LogP contribution < -0.4 is 15.2 Å². The van der Waals surface area contributed by atoms with E-state index >= 15 is 0 Å². The topological polar surface area (TPSA) is 44.5 Å². The summed E-state index contributed by atoms with van der Waals surface area (Å²) in [7, 11) is 0. The van der Waals surface area contributed by atoms with Gasteiger partial charge in [0.1, 0.15) is 0 Å². The lowest BCUT2D eigenvalue weighted by Gasteiger charge is -2.28. The molecule has 0 saturated carbocycles. The van der Waals surface area contributed by atoms with E-state index in [1.165, 1.54) is 5.56 Å². The molecular formula is C15H23NO2. The second-order valence-corrected chi connectivity index (χ2v) is 5.78. The summed E-state index contributed by atoms with van der Waals surface area (Å²) in [5.74, 6) is 1.72. The molecule has 1 atom stereocenters. The summed E-state index contributed by atoms with van der Waals surface area (Å²) in [5.41, 5.74) is 7.23. The molecule has 1 aliphatic heterocycles. The summed E-state index contributed by atoms with van der Waals surface area (Å²) < 4.78 is 11.4. The molecule has 0 amide bonds. The van der Waals surface area contributed by atoms with Gasteiger partial charge in [0.15, 0.2) is 11.5 Å². The van der Waals surface area contributed by atoms with Gasteiger partial charge in [-0.25, -0.2) is 0 Å². The summed E-state index contributed by atoms with van der Waals surface area (Å²) in [4.78, 5) is 0. The molecule has 0 fully saturated rings. The second-order valence-electron chi connectivity index (χ2n) is 5.78. The minimum absolute atomic E-state index is 0.0544. The van der Waals surface area contributed by atoms with Crippen LogP contribution in [0.4, 0.5) is 0 Å². The lowest BCUT2D eigenvalue weighted by molar-refractivity contribution is 0.296. The third-order valence-corrected chi connectivity index (χ3v) is 3.36. The van der Waals surface area contributed by atoms with Crippen molar-refractivity contribution in [1.82, 2.24) is 0 Å². The van der Waals surface area contributed by atoms with E-state index in [1.54, 1.807) is 0 Å². The van der Waals surface area contributed by atoms with Crippen LogP contribution in [-0.2, 0) is 5.41 Å². The zero-order valence-electron chi connectivity index (χ0n) is 11.5. The van der Waals surface area contributed by atoms with Crippen molar-refractivity contribution in [3.05, 3.63) is 23.8 Å². The first-order valence-electron chi connectivity index (χ1n) is 6.65. The van der Waals surface area contributed by atoms with Crippen LogP contribution in [0.25, 0.3) is 0 Å². The van der Waals surface area contributed by atoms with E-state index in [4.69, 9.17) is 15.2 Å². The van der Waals surface area contributed by atoms with Crippen molar-refractivity contribution in [3.63, 3.8) is 0 Å². The van der Waals surface area contributed by atoms with Crippen molar-refractivity contribution in [3.8, 4) is 11.5 Å². The van der Waals surface area contributed by atoms with E-state index in [0.717, 1.165) is 37.6 Å². The zero-order valence-corrected chi connectivity index (χ0v) is 11.5. The number of rotatable bonds is 3. The Labute approximate surface area is 109 Å². The Kier molecular flexibility index (Phi) is 3.81. The Hall–Kier alpha value is -1.22. The Morgan fingerprint density at radius 3 is 2.56 bits per heavy atom. The van der Waals surface area contributed by atoms with Gasteiger partial charge < -0.3 is 15.2 Å². The van der Waals surface area contributed by atoms with Crippen LogP contribution in [0.1, 0.15) is 39.2 Å². The Bertz CT molecular complexity index is 413. The van der Waals surface area contributed by atoms with Gasteiger partial charge in [-0.05, 0) is 36.5 Å². The quantitative estimate of drug-likeness (QED) is 0.896. The van der Waals surface area contributed by atoms with Crippen LogP contribution in [0.2, 0.25) is 0 Å². The predicted molar refractivity (Wildman–Crippen MR) is 73.3 cm³/mol. The number of hydrogen-bond acceptors (Lipinski definition) is 3. The number of nitrogens with two attached hydrogens (primary N) is 1. The SMILES string of the molecule is CC(N)CC(C)(C)c1ccc2c(c1)OCCCO2. The highest BCUT2D eigenvalue weighted by Crippen LogP contribution is 2.36. The summed E-state index contributed by atoms with van der Waals surface area (Å²) in [6.07, 6.45) is 1.89. The second kappa shape index (κ2) is 5.19. The normalized spacial score (nSPS) is 17.1. The fraction of sp³-hybridized carbons (Fsp3) is 0.600. The fourth-order valence-electron chi connectivity index (χ4n) is 2.51. The fourth-order valence-corrected chi connectivity index (χ4v) is 2.51. The van der Waals surface area contributed by atoms with E-state index in [2.05, 4.69) is 26.0 Å². The van der Waals surface area contributed by atoms with Crippen LogP contribution >= 0.6 is 0 Å². The molecule has 0 aromatic heterocycles. The van der Waals surface area contributed by atoms with Gasteiger partial charge in [0, 0.05) is 12.5 Å². The average Bonchev–Trinajstić information content (AvgIpc) is 2.51. The highest BCUT2D eigenvalue weighted by atomic mass is 16.5. The molecule has 1 aromatic rings. The van der Waals surface area contributed by atoms with E-state index in [-0.39, 0.29) is 11.5 Å². The Balaban J connectivity index is 2.27. The van der Waals surface area contributed by atoms with Crippen molar-refractivity contribution in [2.75, 3.05) is 13.2 Å². The molecule has 18 heavy (non-hydrogen) atoms. The van der Waals surface area contributed by atoms with Gasteiger partial charge in [0.25, 0.3) is 0 Å². The van der Waals surface area contributed by atoms with Crippen LogP contribution in [0.15, 0.2) is 18.2 Å². The smallest absolute Gasteiger partial charge is 0.161 e. The van der Waals surface area contributed by atoms with Gasteiger partial charge in [-0.1, -0.05) is 19.9 Å². The third-order valence-electron chi connectivity index (χ3n) is 3.36. The van der Waals surface area contributed by atoms with Crippen molar-refractivity contribution in [1.29, 1.82) is 0 Å². The molecule has 3 heteroatoms. The average molecular weight is 249 g/mol. The maximum absolute atomic E-state index is 5.92. The Morgan fingerprint density at radius 2 is 1.89 bits per heavy atom. The highest BCUT2D eigenvalue weighted by molar-refractivity contribution is 5.45. The zero-order chi connectivity index (χ0) is 13.2. The molecule has 1 heterocycles. The molecule has 0 aliphatic carbocycles. The molecule has 0 saturated heterocycles. The first-order chi connectivity index (χ1) is 8.49. The molecule has 1 aromatic carbocycles. The van der Waals surface area contributed by atoms with Crippen molar-refractivity contribution in [2.45, 2.75) is 45.1 Å². The maximum Gasteiger partial charge on any atom is 0.161 e. The molecule has 3 nitrogen and oxygen atoms in total. The molecule has 0 spiro atoms. The predicted octanol–water partition coefficient (Wildman–Crippen LogP) is 2.86. The maximum atomic E-state index is 5.92. The van der Waals surface area contributed by atoms with Crippen LogP contribution in [0.5, 0.6) is 11.5 Å². The summed E-state index contributed by atoms with van der Waals surface area (Å²) >= 11 is 0. The molecule has 1 unspecified atom stereocenters. The molecular weight excluding hydrogens is 226 g/mol. The summed E-state index contributed by atoms with van der Waals surface area (Å²) in [5, 5.41) is 0. The lowest BCUT2D eigenvalue weighted by Crippen LogP contribution is -2.28. The van der Waals surface area contributed by atoms with Gasteiger partial charge in [-0.2, -0.15) is 0 Å². The van der Waals surface area contributed by atoms with Crippen molar-refractivity contribution in [2.24, 2.45) is 5.73 Å². The molecule has 1 aliphatic rings. The standard InChI is InChI=1S/C15H23NO2/c1-11(16)10-15(2,3)12-5-6-13-14(9-12)18-8-4-7-17-13/h5-6,9,11H,4,7-8,10,16H2,1-3H3. The monoisotopic (exact) mass is 249 g/mol. The number of benzene rings is 1. The van der Waals surface area contributed by atoms with E-state index in [9.17, 15) is 0 Å². The first-order valence-corrected chi connectivity index (χ1v) is 6.65. The van der Waals surface area contributed by atoms with Gasteiger partial charge in [0.05, 0.1) is 13.2 Å². The van der Waals surface area contributed by atoms with Gasteiger partial charge in [-0.3, -0.25) is 0 Å². The largest absolute Gasteiger partial charge is 0.490 e. The highest BCUT2D eigenvalue weighted by Gasteiger charge is 2.24. The molecule has 2 N–H and O–H groups in total.